The molecule has 0 saturated carbocycles. The van der Waals surface area contributed by atoms with E-state index in [1.165, 1.54) is 6.33 Å². The lowest BCUT2D eigenvalue weighted by Gasteiger charge is -2.30. The molecule has 0 unspecified atom stereocenters. The van der Waals surface area contributed by atoms with E-state index in [9.17, 15) is 14.7 Å². The summed E-state index contributed by atoms with van der Waals surface area (Å²) in [5.74, 6) is -0.404. The van der Waals surface area contributed by atoms with Gasteiger partial charge in [0.05, 0.1) is 24.3 Å². The van der Waals surface area contributed by atoms with Crippen LogP contribution in [0.3, 0.4) is 0 Å². The number of carbonyl (C=O) groups excluding carboxylic acids is 1. The second-order valence-corrected chi connectivity index (χ2v) is 9.43. The van der Waals surface area contributed by atoms with Crippen molar-refractivity contribution >= 4 is 18.1 Å². The highest BCUT2D eigenvalue weighted by Gasteiger charge is 2.55. The van der Waals surface area contributed by atoms with Crippen LogP contribution in [-0.4, -0.2) is 49.6 Å². The summed E-state index contributed by atoms with van der Waals surface area (Å²) in [6.45, 7) is 3.46. The number of rotatable bonds is 8. The van der Waals surface area contributed by atoms with E-state index in [1.54, 1.807) is 12.3 Å². The molecule has 36 heavy (non-hydrogen) atoms. The minimum absolute atomic E-state index is 0.0163. The summed E-state index contributed by atoms with van der Waals surface area (Å²) in [5.41, 5.74) is 3.27. The number of hydrogen-bond donors (Lipinski definition) is 2. The van der Waals surface area contributed by atoms with Gasteiger partial charge in [-0.3, -0.25) is 14.5 Å². The van der Waals surface area contributed by atoms with Crippen molar-refractivity contribution in [3.8, 4) is 0 Å². The lowest BCUT2D eigenvalue weighted by atomic mass is 9.88. The van der Waals surface area contributed by atoms with Gasteiger partial charge in [0.25, 0.3) is 5.56 Å². The van der Waals surface area contributed by atoms with Crippen LogP contribution in [0.1, 0.15) is 41.9 Å². The van der Waals surface area contributed by atoms with Gasteiger partial charge in [0.2, 0.25) is 5.91 Å². The molecule has 2 aliphatic rings. The first-order chi connectivity index (χ1) is 17.6. The summed E-state index contributed by atoms with van der Waals surface area (Å²) >= 11 is 0. The Labute approximate surface area is 210 Å². The fourth-order valence-corrected chi connectivity index (χ4v) is 5.72. The molecule has 2 N–H and O–H groups in total. The van der Waals surface area contributed by atoms with Gasteiger partial charge in [-0.1, -0.05) is 43.3 Å². The molecule has 0 aliphatic carbocycles. The second-order valence-electron chi connectivity index (χ2n) is 9.43. The van der Waals surface area contributed by atoms with Gasteiger partial charge in [0, 0.05) is 42.4 Å². The first-order valence-corrected chi connectivity index (χ1v) is 12.5. The van der Waals surface area contributed by atoms with Crippen LogP contribution in [0.2, 0.25) is 0 Å². The molecule has 2 aromatic heterocycles. The molecule has 4 heterocycles. The molecule has 4 atom stereocenters. The van der Waals surface area contributed by atoms with Crippen molar-refractivity contribution < 1.29 is 9.90 Å². The lowest BCUT2D eigenvalue weighted by molar-refractivity contribution is -0.128. The number of pyridine rings is 1. The van der Waals surface area contributed by atoms with Gasteiger partial charge in [-0.05, 0) is 42.8 Å². The van der Waals surface area contributed by atoms with E-state index in [2.05, 4.69) is 27.1 Å². The number of nitrogens with zero attached hydrogens (tertiary/aromatic N) is 4. The van der Waals surface area contributed by atoms with Gasteiger partial charge >= 0.3 is 0 Å². The largest absolute Gasteiger partial charge is 0.396 e. The number of aliphatic hydroxyl groups is 1. The Morgan fingerprint density at radius 1 is 1.17 bits per heavy atom. The highest BCUT2D eigenvalue weighted by atomic mass is 16.3. The predicted molar refractivity (Wildman–Crippen MR) is 138 cm³/mol. The average molecular weight is 486 g/mol. The number of nitrogens with one attached hydrogen (secondary N) is 1. The Kier molecular flexibility index (Phi) is 7.06. The van der Waals surface area contributed by atoms with E-state index in [0.717, 1.165) is 23.4 Å². The van der Waals surface area contributed by atoms with E-state index < -0.39 is 6.04 Å². The van der Waals surface area contributed by atoms with Gasteiger partial charge in [0.1, 0.15) is 6.33 Å². The molecule has 2 aliphatic heterocycles. The van der Waals surface area contributed by atoms with Crippen molar-refractivity contribution in [3.05, 3.63) is 93.9 Å². The number of fused-ring (bicyclic) bond motifs is 3. The van der Waals surface area contributed by atoms with Gasteiger partial charge in [-0.15, -0.1) is 0 Å². The molecule has 5 rings (SSSR count). The number of carbonyl (C=O) groups is 1. The van der Waals surface area contributed by atoms with Gasteiger partial charge in [-0.2, -0.15) is 0 Å². The zero-order valence-electron chi connectivity index (χ0n) is 20.3. The maximum atomic E-state index is 13.4. The number of hydrogen-bond acceptors (Lipinski definition) is 6. The minimum Gasteiger partial charge on any atom is -0.396 e. The van der Waals surface area contributed by atoms with Crippen molar-refractivity contribution in [3.63, 3.8) is 0 Å². The summed E-state index contributed by atoms with van der Waals surface area (Å²) in [5, 5.41) is 13.4. The first kappa shape index (κ1) is 24.1. The number of aliphatic hydroxyl groups excluding tert-OH is 1. The number of likely N-dealkylation sites (tertiary alicyclic amines) is 1. The van der Waals surface area contributed by atoms with Crippen molar-refractivity contribution in [2.75, 3.05) is 13.2 Å². The van der Waals surface area contributed by atoms with Crippen molar-refractivity contribution in [1.82, 2.24) is 24.8 Å². The number of benzene rings is 1. The Morgan fingerprint density at radius 3 is 2.72 bits per heavy atom. The Balaban J connectivity index is 1.42. The minimum atomic E-state index is -0.465. The van der Waals surface area contributed by atoms with Crippen LogP contribution in [0.25, 0.3) is 12.2 Å². The van der Waals surface area contributed by atoms with E-state index >= 15 is 0 Å². The highest BCUT2D eigenvalue weighted by molar-refractivity contribution is 5.82. The first-order valence-electron chi connectivity index (χ1n) is 12.5. The van der Waals surface area contributed by atoms with Crippen LogP contribution < -0.4 is 10.9 Å². The Morgan fingerprint density at radius 2 is 2.00 bits per heavy atom. The van der Waals surface area contributed by atoms with Crippen molar-refractivity contribution in [1.29, 1.82) is 0 Å². The number of aromatic nitrogens is 3. The van der Waals surface area contributed by atoms with Crippen LogP contribution in [0.4, 0.5) is 0 Å². The van der Waals surface area contributed by atoms with Crippen LogP contribution in [0.15, 0.2) is 65.8 Å². The lowest BCUT2D eigenvalue weighted by Crippen LogP contribution is -2.48. The quantitative estimate of drug-likeness (QED) is 0.509. The van der Waals surface area contributed by atoms with Gasteiger partial charge < -0.3 is 15.0 Å². The fraction of sp³-hybridized carbons (Fsp3) is 0.357. The van der Waals surface area contributed by atoms with Crippen molar-refractivity contribution in [2.45, 2.75) is 38.5 Å². The molecule has 3 aromatic rings. The maximum Gasteiger partial charge on any atom is 0.258 e. The van der Waals surface area contributed by atoms with Crippen LogP contribution in [0, 0.1) is 11.8 Å². The van der Waals surface area contributed by atoms with Gasteiger partial charge in [-0.25, -0.2) is 9.97 Å². The molecule has 1 fully saturated rings. The third kappa shape index (κ3) is 4.50. The summed E-state index contributed by atoms with van der Waals surface area (Å²) in [7, 11) is 0. The predicted octanol–water partition coefficient (Wildman–Crippen LogP) is 2.50. The molecule has 1 aromatic carbocycles. The fourth-order valence-electron chi connectivity index (χ4n) is 5.72. The highest BCUT2D eigenvalue weighted by Crippen LogP contribution is 2.49. The second kappa shape index (κ2) is 10.6. The average Bonchev–Trinajstić information content (AvgIpc) is 3.44. The summed E-state index contributed by atoms with van der Waals surface area (Å²) in [6, 6.07) is 15.0. The smallest absolute Gasteiger partial charge is 0.258 e. The standard InChI is InChI=1S/C28H31N5O3/c1-2-14-32-25-22(23(17-34)26(32)27(35)30-15-21-12-13-29-18-31-21)16-33-24(25)11-10-20(28(33)36)9-8-19-6-4-3-5-7-19/h3-13,18,22-23,25-26,34H,2,14-17H2,1H3,(H,30,35)/b9-8+/t22-,23-,25+,26-/m1/s1. The maximum absolute atomic E-state index is 13.4. The topological polar surface area (TPSA) is 100 Å². The van der Waals surface area contributed by atoms with E-state index in [0.29, 0.717) is 25.2 Å². The summed E-state index contributed by atoms with van der Waals surface area (Å²) in [6.07, 6.45) is 7.76. The van der Waals surface area contributed by atoms with Crippen LogP contribution in [0.5, 0.6) is 0 Å². The molecule has 0 spiro atoms. The summed E-state index contributed by atoms with van der Waals surface area (Å²) < 4.78 is 1.83. The van der Waals surface area contributed by atoms with Crippen LogP contribution in [-0.2, 0) is 17.9 Å². The zero-order valence-corrected chi connectivity index (χ0v) is 20.3. The molecule has 0 bridgehead atoms. The van der Waals surface area contributed by atoms with Gasteiger partial charge in [0.15, 0.2) is 0 Å². The SMILES string of the molecule is CCCN1[C@@H]2c3ccc(/C=C/c4ccccc4)c(=O)n3C[C@@H]2[C@@H](CO)[C@@H]1C(=O)NCc1ccncn1. The third-order valence-corrected chi connectivity index (χ3v) is 7.31. The molecule has 1 amide bonds. The van der Waals surface area contributed by atoms with Crippen molar-refractivity contribution in [2.24, 2.45) is 11.8 Å². The summed E-state index contributed by atoms with van der Waals surface area (Å²) in [4.78, 5) is 37.0. The Hall–Kier alpha value is -3.62. The number of amides is 1. The monoisotopic (exact) mass is 485 g/mol. The zero-order chi connectivity index (χ0) is 25.1. The molecule has 8 heteroatoms. The molecular formula is C28H31N5O3. The third-order valence-electron chi connectivity index (χ3n) is 7.31. The van der Waals surface area contributed by atoms with Crippen LogP contribution >= 0.6 is 0 Å². The molecular weight excluding hydrogens is 454 g/mol. The molecule has 0 radical (unpaired) electrons. The van der Waals surface area contributed by atoms with E-state index in [1.807, 2.05) is 59.2 Å². The Bertz CT molecular complexity index is 1290. The molecule has 186 valence electrons. The van der Waals surface area contributed by atoms with E-state index in [4.69, 9.17) is 0 Å². The normalized spacial score (nSPS) is 23.1. The van der Waals surface area contributed by atoms with E-state index in [-0.39, 0.29) is 36.0 Å². The molecule has 8 nitrogen and oxygen atoms in total. The molecule has 1 saturated heterocycles.